The predicted octanol–water partition coefficient (Wildman–Crippen LogP) is 5.49. The molecule has 0 spiro atoms. The molecule has 2 aromatic carbocycles. The van der Waals surface area contributed by atoms with Crippen molar-refractivity contribution < 1.29 is 28.5 Å². The summed E-state index contributed by atoms with van der Waals surface area (Å²) < 4.78 is 21.4. The van der Waals surface area contributed by atoms with Gasteiger partial charge < -0.3 is 24.3 Å². The number of hydrogen-bond donors (Lipinski definition) is 1. The number of ether oxygens (including phenoxy) is 4. The molecule has 0 fully saturated rings. The Labute approximate surface area is 202 Å². The van der Waals surface area contributed by atoms with Crippen LogP contribution in [-0.2, 0) is 9.59 Å². The predicted molar refractivity (Wildman–Crippen MR) is 126 cm³/mol. The molecule has 11 heteroatoms. The Kier molecular flexibility index (Phi) is 9.74. The lowest BCUT2D eigenvalue weighted by atomic mass is 10.2. The highest BCUT2D eigenvalue weighted by Gasteiger charge is 2.26. The first-order valence-electron chi connectivity index (χ1n) is 9.99. The highest BCUT2D eigenvalue weighted by Crippen LogP contribution is 2.40. The molecule has 33 heavy (non-hydrogen) atoms. The number of nitrogens with one attached hydrogen (secondary N) is 1. The van der Waals surface area contributed by atoms with E-state index in [4.69, 9.17) is 42.1 Å². The van der Waals surface area contributed by atoms with Gasteiger partial charge >= 0.3 is 0 Å². The zero-order chi connectivity index (χ0) is 24.5. The van der Waals surface area contributed by atoms with Gasteiger partial charge in [0.2, 0.25) is 6.04 Å². The minimum absolute atomic E-state index is 0.116. The van der Waals surface area contributed by atoms with E-state index in [-0.39, 0.29) is 16.5 Å². The summed E-state index contributed by atoms with van der Waals surface area (Å²) >= 11 is 12.6. The molecule has 0 saturated carbocycles. The van der Waals surface area contributed by atoms with E-state index in [2.05, 4.69) is 15.5 Å². The van der Waals surface area contributed by atoms with Gasteiger partial charge in [0.25, 0.3) is 5.91 Å². The van der Waals surface area contributed by atoms with E-state index >= 15 is 0 Å². The van der Waals surface area contributed by atoms with Crippen LogP contribution in [0, 0.1) is 0 Å². The number of carbonyl (C=O) groups excluding carboxylic acids is 2. The molecule has 1 unspecified atom stereocenters. The topological polar surface area (TPSA) is 108 Å². The summed E-state index contributed by atoms with van der Waals surface area (Å²) in [4.78, 5) is 25.1. The molecule has 0 saturated heterocycles. The van der Waals surface area contributed by atoms with Crippen LogP contribution in [0.15, 0.2) is 34.5 Å². The molecule has 1 N–H and O–H groups in total. The standard InChI is InChI=1S/C22H25Cl2N3O6/c1-6-32-16-10-13(11-17(18(16)23)33-7-2)26-27-20(12(3)28)22(29)25-21-15(31-5)9-8-14(30-4)19(21)24/h8-11,20H,6-7H2,1-5H3,(H,25,29). The largest absolute Gasteiger partial charge is 0.495 e. The lowest BCUT2D eigenvalue weighted by Crippen LogP contribution is -2.32. The van der Waals surface area contributed by atoms with Crippen LogP contribution < -0.4 is 24.3 Å². The molecule has 178 valence electrons. The molecule has 1 amide bonds. The summed E-state index contributed by atoms with van der Waals surface area (Å²) in [7, 11) is 2.85. The first-order valence-corrected chi connectivity index (χ1v) is 10.7. The van der Waals surface area contributed by atoms with Gasteiger partial charge in [-0.2, -0.15) is 10.2 Å². The Bertz CT molecular complexity index is 1020. The number of nitrogens with zero attached hydrogens (tertiary/aromatic N) is 2. The Balaban J connectivity index is 2.37. The minimum atomic E-state index is -1.45. The van der Waals surface area contributed by atoms with Crippen molar-refractivity contribution in [1.82, 2.24) is 0 Å². The molecular weight excluding hydrogens is 473 g/mol. The number of anilines is 1. The summed E-state index contributed by atoms with van der Waals surface area (Å²) in [5.41, 5.74) is 0.441. The summed E-state index contributed by atoms with van der Waals surface area (Å²) in [5, 5.41) is 11.0. The first kappa shape index (κ1) is 26.2. The molecule has 0 radical (unpaired) electrons. The second-order valence-corrected chi connectivity index (χ2v) is 7.25. The minimum Gasteiger partial charge on any atom is -0.495 e. The van der Waals surface area contributed by atoms with Crippen LogP contribution in [0.25, 0.3) is 0 Å². The van der Waals surface area contributed by atoms with Crippen molar-refractivity contribution in [1.29, 1.82) is 0 Å². The summed E-state index contributed by atoms with van der Waals surface area (Å²) in [5.74, 6) is 0.0178. The summed E-state index contributed by atoms with van der Waals surface area (Å²) in [6, 6.07) is 4.79. The number of azo groups is 1. The zero-order valence-corrected chi connectivity index (χ0v) is 20.4. The van der Waals surface area contributed by atoms with Crippen molar-refractivity contribution in [3.8, 4) is 23.0 Å². The third kappa shape index (κ3) is 6.49. The first-order chi connectivity index (χ1) is 15.8. The van der Waals surface area contributed by atoms with Crippen molar-refractivity contribution in [3.05, 3.63) is 34.3 Å². The number of methoxy groups -OCH3 is 2. The molecule has 0 aromatic heterocycles. The summed E-state index contributed by atoms with van der Waals surface area (Å²) in [6.45, 7) is 5.58. The van der Waals surface area contributed by atoms with Gasteiger partial charge in [0.05, 0.1) is 33.1 Å². The van der Waals surface area contributed by atoms with Crippen molar-refractivity contribution in [2.75, 3.05) is 32.8 Å². The van der Waals surface area contributed by atoms with Crippen molar-refractivity contribution in [2.24, 2.45) is 10.2 Å². The van der Waals surface area contributed by atoms with Gasteiger partial charge in [-0.25, -0.2) is 0 Å². The van der Waals surface area contributed by atoms with E-state index in [9.17, 15) is 9.59 Å². The van der Waals surface area contributed by atoms with E-state index in [1.807, 2.05) is 0 Å². The number of amides is 1. The third-order valence-electron chi connectivity index (χ3n) is 4.27. The second kappa shape index (κ2) is 12.3. The van der Waals surface area contributed by atoms with Gasteiger partial charge in [0.1, 0.15) is 38.7 Å². The highest BCUT2D eigenvalue weighted by atomic mass is 35.5. The fourth-order valence-corrected chi connectivity index (χ4v) is 3.25. The number of halogens is 2. The zero-order valence-electron chi connectivity index (χ0n) is 18.9. The molecule has 0 aliphatic carbocycles. The normalized spacial score (nSPS) is 11.7. The Morgan fingerprint density at radius 2 is 1.48 bits per heavy atom. The van der Waals surface area contributed by atoms with Gasteiger partial charge in [-0.05, 0) is 32.9 Å². The average Bonchev–Trinajstić information content (AvgIpc) is 2.78. The Morgan fingerprint density at radius 1 is 0.939 bits per heavy atom. The lowest BCUT2D eigenvalue weighted by molar-refractivity contribution is -0.126. The maximum absolute atomic E-state index is 12.9. The van der Waals surface area contributed by atoms with Crippen molar-refractivity contribution in [2.45, 2.75) is 26.8 Å². The van der Waals surface area contributed by atoms with Crippen LogP contribution in [0.3, 0.4) is 0 Å². The fraction of sp³-hybridized carbons (Fsp3) is 0.364. The SMILES string of the molecule is CCOc1cc(N=NC(C(C)=O)C(=O)Nc2c(OC)ccc(OC)c2Cl)cc(OCC)c1Cl. The third-order valence-corrected chi connectivity index (χ3v) is 5.02. The van der Waals surface area contributed by atoms with E-state index in [0.717, 1.165) is 0 Å². The quantitative estimate of drug-likeness (QED) is 0.324. The summed E-state index contributed by atoms with van der Waals surface area (Å²) in [6.07, 6.45) is 0. The molecule has 2 aromatic rings. The van der Waals surface area contributed by atoms with Crippen LogP contribution >= 0.6 is 23.2 Å². The van der Waals surface area contributed by atoms with E-state index < -0.39 is 17.7 Å². The maximum Gasteiger partial charge on any atom is 0.258 e. The molecule has 0 bridgehead atoms. The highest BCUT2D eigenvalue weighted by molar-refractivity contribution is 6.36. The van der Waals surface area contributed by atoms with Gasteiger partial charge in [-0.3, -0.25) is 9.59 Å². The van der Waals surface area contributed by atoms with Crippen LogP contribution in [0.1, 0.15) is 20.8 Å². The number of benzene rings is 2. The second-order valence-electron chi connectivity index (χ2n) is 6.50. The molecule has 9 nitrogen and oxygen atoms in total. The smallest absolute Gasteiger partial charge is 0.258 e. The van der Waals surface area contributed by atoms with Crippen molar-refractivity contribution >= 4 is 46.3 Å². The van der Waals surface area contributed by atoms with Crippen LogP contribution in [0.2, 0.25) is 10.0 Å². The average molecular weight is 498 g/mol. The molecule has 0 heterocycles. The number of carbonyl (C=O) groups is 2. The van der Waals surface area contributed by atoms with Crippen LogP contribution in [0.5, 0.6) is 23.0 Å². The van der Waals surface area contributed by atoms with E-state index in [1.54, 1.807) is 26.0 Å². The molecule has 0 aliphatic heterocycles. The van der Waals surface area contributed by atoms with Gasteiger partial charge in [0, 0.05) is 12.1 Å². The maximum atomic E-state index is 12.9. The Morgan fingerprint density at radius 3 is 1.97 bits per heavy atom. The van der Waals surface area contributed by atoms with Gasteiger partial charge in [0.15, 0.2) is 5.78 Å². The Hall–Kier alpha value is -3.04. The van der Waals surface area contributed by atoms with Gasteiger partial charge in [-0.1, -0.05) is 23.2 Å². The number of rotatable bonds is 11. The van der Waals surface area contributed by atoms with E-state index in [0.29, 0.717) is 41.2 Å². The fourth-order valence-electron chi connectivity index (χ4n) is 2.76. The van der Waals surface area contributed by atoms with Crippen molar-refractivity contribution in [3.63, 3.8) is 0 Å². The monoisotopic (exact) mass is 497 g/mol. The number of Topliss-reactive ketones (excluding diaryl/α,β-unsaturated/α-hetero) is 1. The van der Waals surface area contributed by atoms with E-state index in [1.165, 1.54) is 33.3 Å². The van der Waals surface area contributed by atoms with Crippen LogP contribution in [0.4, 0.5) is 11.4 Å². The lowest BCUT2D eigenvalue weighted by Gasteiger charge is -2.16. The molecule has 0 aliphatic rings. The van der Waals surface area contributed by atoms with Crippen LogP contribution in [-0.4, -0.2) is 45.2 Å². The van der Waals surface area contributed by atoms with Gasteiger partial charge in [-0.15, -0.1) is 0 Å². The number of ketones is 1. The molecule has 2 rings (SSSR count). The number of hydrogen-bond acceptors (Lipinski definition) is 8. The molecule has 1 atom stereocenters. The molecular formula is C22H25Cl2N3O6.